The van der Waals surface area contributed by atoms with Gasteiger partial charge < -0.3 is 19.7 Å². The highest BCUT2D eigenvalue weighted by atomic mass is 16.7. The van der Waals surface area contributed by atoms with Gasteiger partial charge in [-0.1, -0.05) is 34.1 Å². The van der Waals surface area contributed by atoms with Crippen LogP contribution in [0.3, 0.4) is 0 Å². The van der Waals surface area contributed by atoms with Gasteiger partial charge in [-0.2, -0.15) is 0 Å². The third-order valence-electron chi connectivity index (χ3n) is 12.7. The lowest BCUT2D eigenvalue weighted by molar-refractivity contribution is -0.227. The molecule has 0 bridgehead atoms. The Morgan fingerprint density at radius 2 is 1.77 bits per heavy atom. The number of ether oxygens (including phenoxy) is 2. The highest BCUT2D eigenvalue weighted by molar-refractivity contribution is 5.28. The van der Waals surface area contributed by atoms with Gasteiger partial charge in [0, 0.05) is 30.3 Å². The fourth-order valence-corrected chi connectivity index (χ4v) is 10.9. The van der Waals surface area contributed by atoms with E-state index in [-0.39, 0.29) is 17.4 Å². The Morgan fingerprint density at radius 1 is 1.03 bits per heavy atom. The van der Waals surface area contributed by atoms with Gasteiger partial charge in [0.05, 0.1) is 12.2 Å². The van der Waals surface area contributed by atoms with Gasteiger partial charge >= 0.3 is 0 Å². The molecule has 5 saturated carbocycles. The lowest BCUT2D eigenvalue weighted by atomic mass is 9.44. The van der Waals surface area contributed by atoms with E-state index in [1.807, 2.05) is 7.11 Å². The van der Waals surface area contributed by atoms with Crippen molar-refractivity contribution in [3.63, 3.8) is 0 Å². The number of aliphatic hydroxyl groups is 2. The molecule has 1 heterocycles. The first-order valence-corrected chi connectivity index (χ1v) is 13.3. The summed E-state index contributed by atoms with van der Waals surface area (Å²) in [6.45, 7) is 9.13. The Kier molecular flexibility index (Phi) is 4.33. The van der Waals surface area contributed by atoms with Crippen LogP contribution in [0.2, 0.25) is 0 Å². The summed E-state index contributed by atoms with van der Waals surface area (Å²) in [5.41, 5.74) is -0.277. The molecule has 176 valence electrons. The maximum atomic E-state index is 12.3. The highest BCUT2D eigenvalue weighted by Gasteiger charge is 2.80. The summed E-state index contributed by atoms with van der Waals surface area (Å²) in [6.07, 6.45) is 11.2. The monoisotopic (exact) mass is 432 g/mol. The zero-order chi connectivity index (χ0) is 22.0. The van der Waals surface area contributed by atoms with Crippen LogP contribution in [0, 0.1) is 45.8 Å². The molecule has 5 aliphatic carbocycles. The summed E-state index contributed by atoms with van der Waals surface area (Å²) in [6, 6.07) is 0. The third kappa shape index (κ3) is 2.19. The second kappa shape index (κ2) is 6.29. The molecule has 0 aromatic carbocycles. The molecule has 6 rings (SSSR count). The molecular weight excluding hydrogens is 388 g/mol. The van der Waals surface area contributed by atoms with Crippen LogP contribution in [0.5, 0.6) is 0 Å². The number of methoxy groups -OCH3 is 1. The molecule has 0 aromatic heterocycles. The summed E-state index contributed by atoms with van der Waals surface area (Å²) in [5, 5.41) is 23.7. The second-order valence-corrected chi connectivity index (χ2v) is 13.0. The molecule has 0 radical (unpaired) electrons. The van der Waals surface area contributed by atoms with Gasteiger partial charge in [-0.25, -0.2) is 0 Å². The van der Waals surface area contributed by atoms with Gasteiger partial charge in [-0.15, -0.1) is 0 Å². The SMILES string of the molecule is CCCC[C@@]1(O)O[C@H]2C[C@H]3[C@@H]4C[C@@H](OC)[C@]56C[C@H]5CC[C@]6(C)[C@H]4CC[C@]3(C)[C@@]2(O)[C@@H]1C. The zero-order valence-electron chi connectivity index (χ0n) is 20.3. The first-order valence-electron chi connectivity index (χ1n) is 13.3. The summed E-state index contributed by atoms with van der Waals surface area (Å²) in [7, 11) is 1.94. The van der Waals surface area contributed by atoms with Gasteiger partial charge in [0.25, 0.3) is 0 Å². The summed E-state index contributed by atoms with van der Waals surface area (Å²) in [4.78, 5) is 0. The lowest BCUT2D eigenvalue weighted by Crippen LogP contribution is -2.61. The first-order chi connectivity index (χ1) is 14.6. The average Bonchev–Trinajstić information content (AvgIpc) is 3.28. The Balaban J connectivity index is 1.34. The molecule has 1 spiro atoms. The molecule has 2 N–H and O–H groups in total. The summed E-state index contributed by atoms with van der Waals surface area (Å²) < 4.78 is 12.6. The molecule has 0 amide bonds. The van der Waals surface area contributed by atoms with Crippen molar-refractivity contribution >= 4 is 0 Å². The van der Waals surface area contributed by atoms with E-state index in [0.717, 1.165) is 43.9 Å². The van der Waals surface area contributed by atoms with Crippen LogP contribution < -0.4 is 0 Å². The number of unbranched alkanes of at least 4 members (excludes halogenated alkanes) is 1. The van der Waals surface area contributed by atoms with Gasteiger partial charge in [-0.05, 0) is 80.5 Å². The number of hydrogen-bond acceptors (Lipinski definition) is 4. The molecule has 6 fully saturated rings. The Hall–Kier alpha value is -0.160. The van der Waals surface area contributed by atoms with Crippen LogP contribution in [-0.4, -0.2) is 40.9 Å². The van der Waals surface area contributed by atoms with E-state index in [1.54, 1.807) is 0 Å². The standard InChI is InChI=1S/C27H44O4/c1-6-7-10-26(28)16(2)27(29)22(31-26)14-20-18-13-21(30-5)25-15-17(25)8-11-23(25,3)19(18)9-12-24(20,27)4/h16-22,28-29H,6-15H2,1-5H3/t16-,17-,18-,19+,20+,21-,22+,23-,24+,25+,26-,27-/m1/s1. The Bertz CT molecular complexity index is 770. The van der Waals surface area contributed by atoms with E-state index in [0.29, 0.717) is 35.2 Å². The van der Waals surface area contributed by atoms with Crippen LogP contribution in [0.15, 0.2) is 0 Å². The zero-order valence-corrected chi connectivity index (χ0v) is 20.3. The fourth-order valence-electron chi connectivity index (χ4n) is 10.9. The van der Waals surface area contributed by atoms with E-state index < -0.39 is 11.4 Å². The van der Waals surface area contributed by atoms with Crippen molar-refractivity contribution in [2.24, 2.45) is 45.8 Å². The molecule has 0 aromatic rings. The maximum absolute atomic E-state index is 12.3. The van der Waals surface area contributed by atoms with Crippen LogP contribution in [0.1, 0.15) is 91.9 Å². The van der Waals surface area contributed by atoms with Crippen molar-refractivity contribution in [1.82, 2.24) is 0 Å². The van der Waals surface area contributed by atoms with Crippen molar-refractivity contribution in [3.05, 3.63) is 0 Å². The van der Waals surface area contributed by atoms with Crippen LogP contribution in [-0.2, 0) is 9.47 Å². The minimum absolute atomic E-state index is 0.185. The van der Waals surface area contributed by atoms with Crippen molar-refractivity contribution < 1.29 is 19.7 Å². The lowest BCUT2D eigenvalue weighted by Gasteiger charge is -2.61. The van der Waals surface area contributed by atoms with Gasteiger partial charge in [0.15, 0.2) is 5.79 Å². The van der Waals surface area contributed by atoms with Crippen molar-refractivity contribution in [3.8, 4) is 0 Å². The molecule has 1 saturated heterocycles. The predicted molar refractivity (Wildman–Crippen MR) is 119 cm³/mol. The van der Waals surface area contributed by atoms with Gasteiger partial charge in [0.1, 0.15) is 5.60 Å². The predicted octanol–water partition coefficient (Wildman–Crippen LogP) is 4.91. The fraction of sp³-hybridized carbons (Fsp3) is 1.00. The van der Waals surface area contributed by atoms with E-state index in [4.69, 9.17) is 9.47 Å². The number of fused-ring (bicyclic) bond motifs is 6. The van der Waals surface area contributed by atoms with Crippen LogP contribution >= 0.6 is 0 Å². The maximum Gasteiger partial charge on any atom is 0.171 e. The molecule has 12 atom stereocenters. The largest absolute Gasteiger partial charge is 0.386 e. The number of hydrogen-bond donors (Lipinski definition) is 2. The van der Waals surface area contributed by atoms with E-state index in [1.165, 1.54) is 25.7 Å². The molecule has 6 aliphatic rings. The summed E-state index contributed by atoms with van der Waals surface area (Å²) in [5.74, 6) is 1.29. The average molecular weight is 433 g/mol. The molecular formula is C27H44O4. The molecule has 0 unspecified atom stereocenters. The Labute approximate surface area is 188 Å². The van der Waals surface area contributed by atoms with E-state index >= 15 is 0 Å². The first kappa shape index (κ1) is 21.4. The van der Waals surface area contributed by atoms with Crippen LogP contribution in [0.25, 0.3) is 0 Å². The van der Waals surface area contributed by atoms with Crippen molar-refractivity contribution in [2.75, 3.05) is 7.11 Å². The molecule has 31 heavy (non-hydrogen) atoms. The highest BCUT2D eigenvalue weighted by Crippen LogP contribution is 2.82. The smallest absolute Gasteiger partial charge is 0.171 e. The Morgan fingerprint density at radius 3 is 2.45 bits per heavy atom. The molecule has 4 heteroatoms. The van der Waals surface area contributed by atoms with Gasteiger partial charge in [0.2, 0.25) is 0 Å². The van der Waals surface area contributed by atoms with Gasteiger partial charge in [-0.3, -0.25) is 0 Å². The minimum atomic E-state index is -1.18. The van der Waals surface area contributed by atoms with E-state index in [2.05, 4.69) is 27.7 Å². The normalized spacial score (nSPS) is 63.8. The topological polar surface area (TPSA) is 58.9 Å². The molecule has 4 nitrogen and oxygen atoms in total. The van der Waals surface area contributed by atoms with E-state index in [9.17, 15) is 10.2 Å². The third-order valence-corrected chi connectivity index (χ3v) is 12.7. The van der Waals surface area contributed by atoms with Crippen LogP contribution in [0.4, 0.5) is 0 Å². The van der Waals surface area contributed by atoms with Crippen molar-refractivity contribution in [1.29, 1.82) is 0 Å². The number of rotatable bonds is 4. The summed E-state index contributed by atoms with van der Waals surface area (Å²) >= 11 is 0. The quantitative estimate of drug-likeness (QED) is 0.663. The van der Waals surface area contributed by atoms with Crippen molar-refractivity contribution in [2.45, 2.75) is 115 Å². The minimum Gasteiger partial charge on any atom is -0.386 e. The second-order valence-electron chi connectivity index (χ2n) is 13.0. The molecule has 1 aliphatic heterocycles.